The molecule has 1 aromatic carbocycles. The average Bonchev–Trinajstić information content (AvgIpc) is 3.20. The maximum Gasteiger partial charge on any atom is 0.254 e. The summed E-state index contributed by atoms with van der Waals surface area (Å²) in [6.45, 7) is 4.12. The van der Waals surface area contributed by atoms with Gasteiger partial charge in [0.25, 0.3) is 5.91 Å². The zero-order valence-electron chi connectivity index (χ0n) is 14.3. The highest BCUT2D eigenvalue weighted by atomic mass is 16.3. The lowest BCUT2D eigenvalue weighted by Crippen LogP contribution is -2.48. The topological polar surface area (TPSA) is 108 Å². The third-order valence-corrected chi connectivity index (χ3v) is 4.61. The quantitative estimate of drug-likeness (QED) is 0.885. The van der Waals surface area contributed by atoms with E-state index in [2.05, 4.69) is 5.10 Å². The third kappa shape index (κ3) is 3.08. The third-order valence-electron chi connectivity index (χ3n) is 4.61. The number of hydrogen-bond acceptors (Lipinski definition) is 5. The summed E-state index contributed by atoms with van der Waals surface area (Å²) in [4.78, 5) is 14.5. The molecule has 0 bridgehead atoms. The molecule has 1 aromatic heterocycles. The van der Waals surface area contributed by atoms with Crippen molar-refractivity contribution in [3.63, 3.8) is 0 Å². The van der Waals surface area contributed by atoms with Gasteiger partial charge in [0.1, 0.15) is 17.5 Å². The van der Waals surface area contributed by atoms with Crippen LogP contribution < -0.4 is 5.73 Å². The number of aliphatic hydroxyl groups is 1. The largest absolute Gasteiger partial charge is 0.388 e. The molecule has 0 radical (unpaired) electrons. The Balaban J connectivity index is 1.84. The number of aromatic nitrogens is 2. The van der Waals surface area contributed by atoms with Gasteiger partial charge >= 0.3 is 0 Å². The fourth-order valence-electron chi connectivity index (χ4n) is 3.31. The van der Waals surface area contributed by atoms with E-state index in [0.717, 1.165) is 12.8 Å². The van der Waals surface area contributed by atoms with E-state index in [1.54, 1.807) is 43.0 Å². The van der Waals surface area contributed by atoms with Gasteiger partial charge in [-0.1, -0.05) is 0 Å². The summed E-state index contributed by atoms with van der Waals surface area (Å²) >= 11 is 0. The van der Waals surface area contributed by atoms with Gasteiger partial charge in [0, 0.05) is 12.1 Å². The van der Waals surface area contributed by atoms with E-state index in [9.17, 15) is 9.90 Å². The number of anilines is 1. The van der Waals surface area contributed by atoms with Crippen LogP contribution in [0.15, 0.2) is 30.5 Å². The lowest BCUT2D eigenvalue weighted by molar-refractivity contribution is 0.000336. The average molecular weight is 339 g/mol. The Morgan fingerprint density at radius 3 is 2.64 bits per heavy atom. The van der Waals surface area contributed by atoms with Gasteiger partial charge in [-0.15, -0.1) is 0 Å². The van der Waals surface area contributed by atoms with Gasteiger partial charge in [0.05, 0.1) is 23.5 Å². The first-order chi connectivity index (χ1) is 11.8. The predicted octanol–water partition coefficient (Wildman–Crippen LogP) is 1.70. The molecule has 7 nitrogen and oxygen atoms in total. The Morgan fingerprint density at radius 1 is 1.40 bits per heavy atom. The Hall–Kier alpha value is -2.85. The molecule has 1 aliphatic heterocycles. The summed E-state index contributed by atoms with van der Waals surface area (Å²) in [5.74, 6) is 0.172. The van der Waals surface area contributed by atoms with Crippen LogP contribution in [0.1, 0.15) is 42.6 Å². The number of nitrogen functional groups attached to an aromatic ring is 1. The van der Waals surface area contributed by atoms with E-state index in [0.29, 0.717) is 23.4 Å². The molecule has 0 spiro atoms. The first-order valence-electron chi connectivity index (χ1n) is 8.20. The standard InChI is InChI=1S/C18H21N5O2/c1-18(2,25)15-4-3-9-22(15)17(24)12-5-7-14(8-6-12)23-16(20)13(10-19)11-21-23/h5-8,11,15,25H,3-4,9,20H2,1-2H3. The number of hydrogen-bond donors (Lipinski definition) is 2. The van der Waals surface area contributed by atoms with Crippen LogP contribution in [0.5, 0.6) is 0 Å². The molecule has 2 heterocycles. The maximum absolute atomic E-state index is 12.8. The molecule has 0 saturated carbocycles. The van der Waals surface area contributed by atoms with Gasteiger partial charge in [-0.2, -0.15) is 10.4 Å². The van der Waals surface area contributed by atoms with E-state index in [4.69, 9.17) is 11.0 Å². The van der Waals surface area contributed by atoms with Crippen LogP contribution in [-0.2, 0) is 0 Å². The molecule has 7 heteroatoms. The van der Waals surface area contributed by atoms with Gasteiger partial charge in [-0.3, -0.25) is 4.79 Å². The van der Waals surface area contributed by atoms with Gasteiger partial charge in [0.15, 0.2) is 0 Å². The first-order valence-corrected chi connectivity index (χ1v) is 8.20. The van der Waals surface area contributed by atoms with Gasteiger partial charge in [-0.25, -0.2) is 4.68 Å². The lowest BCUT2D eigenvalue weighted by Gasteiger charge is -2.33. The summed E-state index contributed by atoms with van der Waals surface area (Å²) in [5.41, 5.74) is 6.49. The second kappa shape index (κ2) is 6.22. The fraction of sp³-hybridized carbons (Fsp3) is 0.389. The Morgan fingerprint density at radius 2 is 2.08 bits per heavy atom. The van der Waals surface area contributed by atoms with Crippen molar-refractivity contribution in [3.05, 3.63) is 41.6 Å². The molecule has 3 rings (SSSR count). The van der Waals surface area contributed by atoms with Crippen LogP contribution >= 0.6 is 0 Å². The van der Waals surface area contributed by atoms with E-state index in [1.165, 1.54) is 10.9 Å². The minimum Gasteiger partial charge on any atom is -0.388 e. The molecule has 1 saturated heterocycles. The van der Waals surface area contributed by atoms with Crippen molar-refractivity contribution in [3.8, 4) is 11.8 Å². The molecule has 130 valence electrons. The zero-order valence-corrected chi connectivity index (χ0v) is 14.3. The van der Waals surface area contributed by atoms with Crippen molar-refractivity contribution in [2.45, 2.75) is 38.3 Å². The predicted molar refractivity (Wildman–Crippen MR) is 93.0 cm³/mol. The summed E-state index contributed by atoms with van der Waals surface area (Å²) in [7, 11) is 0. The number of rotatable bonds is 3. The molecule has 1 aliphatic rings. The lowest BCUT2D eigenvalue weighted by atomic mass is 9.96. The number of amides is 1. The number of carbonyl (C=O) groups is 1. The number of likely N-dealkylation sites (tertiary alicyclic amines) is 1. The van der Waals surface area contributed by atoms with Crippen molar-refractivity contribution in [1.29, 1.82) is 5.26 Å². The van der Waals surface area contributed by atoms with Crippen LogP contribution in [0.3, 0.4) is 0 Å². The normalized spacial score (nSPS) is 17.5. The van der Waals surface area contributed by atoms with Crippen molar-refractivity contribution in [2.24, 2.45) is 0 Å². The molecular weight excluding hydrogens is 318 g/mol. The van der Waals surface area contributed by atoms with Crippen LogP contribution in [0, 0.1) is 11.3 Å². The number of nitriles is 1. The molecule has 1 atom stereocenters. The van der Waals surface area contributed by atoms with Gasteiger partial charge in [-0.05, 0) is 51.0 Å². The highest BCUT2D eigenvalue weighted by molar-refractivity contribution is 5.94. The van der Waals surface area contributed by atoms with Crippen molar-refractivity contribution in [1.82, 2.24) is 14.7 Å². The number of nitrogens with two attached hydrogens (primary N) is 1. The molecule has 1 unspecified atom stereocenters. The minimum absolute atomic E-state index is 0.0951. The SMILES string of the molecule is CC(C)(O)C1CCCN1C(=O)c1ccc(-n2ncc(C#N)c2N)cc1. The van der Waals surface area contributed by atoms with Crippen LogP contribution in [-0.4, -0.2) is 43.9 Å². The van der Waals surface area contributed by atoms with E-state index in [-0.39, 0.29) is 17.8 Å². The van der Waals surface area contributed by atoms with E-state index >= 15 is 0 Å². The highest BCUT2D eigenvalue weighted by Crippen LogP contribution is 2.28. The number of carbonyl (C=O) groups excluding carboxylic acids is 1. The number of nitrogens with zero attached hydrogens (tertiary/aromatic N) is 4. The van der Waals surface area contributed by atoms with E-state index < -0.39 is 5.60 Å². The van der Waals surface area contributed by atoms with Crippen LogP contribution in [0.4, 0.5) is 5.82 Å². The number of benzene rings is 1. The molecular formula is C18H21N5O2. The monoisotopic (exact) mass is 339 g/mol. The van der Waals surface area contributed by atoms with E-state index in [1.807, 2.05) is 6.07 Å². The van der Waals surface area contributed by atoms with Crippen molar-refractivity contribution in [2.75, 3.05) is 12.3 Å². The fourth-order valence-corrected chi connectivity index (χ4v) is 3.31. The van der Waals surface area contributed by atoms with Gasteiger partial charge < -0.3 is 15.7 Å². The molecule has 1 amide bonds. The Bertz CT molecular complexity index is 827. The second-order valence-electron chi connectivity index (χ2n) is 6.82. The molecule has 1 fully saturated rings. The maximum atomic E-state index is 12.8. The summed E-state index contributed by atoms with van der Waals surface area (Å²) in [6.07, 6.45) is 3.10. The van der Waals surface area contributed by atoms with Crippen LogP contribution in [0.25, 0.3) is 5.69 Å². The highest BCUT2D eigenvalue weighted by Gasteiger charge is 2.38. The van der Waals surface area contributed by atoms with Gasteiger partial charge in [0.2, 0.25) is 0 Å². The Kier molecular flexibility index (Phi) is 4.23. The smallest absolute Gasteiger partial charge is 0.254 e. The summed E-state index contributed by atoms with van der Waals surface area (Å²) < 4.78 is 1.46. The minimum atomic E-state index is -0.927. The summed E-state index contributed by atoms with van der Waals surface area (Å²) in [5, 5.41) is 23.3. The first kappa shape index (κ1) is 17.0. The summed E-state index contributed by atoms with van der Waals surface area (Å²) in [6, 6.07) is 8.71. The van der Waals surface area contributed by atoms with Crippen molar-refractivity contribution >= 4 is 11.7 Å². The molecule has 25 heavy (non-hydrogen) atoms. The molecule has 0 aliphatic carbocycles. The van der Waals surface area contributed by atoms with Crippen molar-refractivity contribution < 1.29 is 9.90 Å². The Labute approximate surface area is 146 Å². The van der Waals surface area contributed by atoms with Crippen LogP contribution in [0.2, 0.25) is 0 Å². The molecule has 3 N–H and O–H groups in total. The second-order valence-corrected chi connectivity index (χ2v) is 6.82. The molecule has 2 aromatic rings. The zero-order chi connectivity index (χ0) is 18.2.